The summed E-state index contributed by atoms with van der Waals surface area (Å²) in [4.78, 5) is 14.5. The molecule has 0 aromatic rings. The fourth-order valence-corrected chi connectivity index (χ4v) is 3.27. The summed E-state index contributed by atoms with van der Waals surface area (Å²) in [5.41, 5.74) is 0.505. The standard InChI is InChI=1S/C17H34N2O2/c1-6-17(7-2)10-12-19(13-17)11-9-15(18-14(4)5)16(20)21-8-3/h14-15,18H,6-13H2,1-5H3. The van der Waals surface area contributed by atoms with Crippen LogP contribution in [-0.4, -0.2) is 49.2 Å². The Balaban J connectivity index is 2.48. The van der Waals surface area contributed by atoms with Gasteiger partial charge in [0, 0.05) is 19.1 Å². The molecule has 1 unspecified atom stereocenters. The van der Waals surface area contributed by atoms with E-state index in [2.05, 4.69) is 37.9 Å². The molecule has 4 heteroatoms. The highest BCUT2D eigenvalue weighted by Gasteiger charge is 2.35. The molecule has 0 aromatic heterocycles. The first-order chi connectivity index (χ1) is 9.96. The van der Waals surface area contributed by atoms with E-state index < -0.39 is 0 Å². The van der Waals surface area contributed by atoms with Crippen LogP contribution in [0.2, 0.25) is 0 Å². The minimum Gasteiger partial charge on any atom is -0.465 e. The van der Waals surface area contributed by atoms with E-state index in [1.165, 1.54) is 32.4 Å². The van der Waals surface area contributed by atoms with Gasteiger partial charge in [-0.05, 0) is 44.6 Å². The van der Waals surface area contributed by atoms with Crippen molar-refractivity contribution in [3.63, 3.8) is 0 Å². The minimum absolute atomic E-state index is 0.109. The molecule has 0 aliphatic carbocycles. The molecule has 1 N–H and O–H groups in total. The van der Waals surface area contributed by atoms with Crippen molar-refractivity contribution in [1.82, 2.24) is 10.2 Å². The summed E-state index contributed by atoms with van der Waals surface area (Å²) in [5, 5.41) is 3.34. The third-order valence-corrected chi connectivity index (χ3v) is 4.86. The Hall–Kier alpha value is -0.610. The van der Waals surface area contributed by atoms with Crippen LogP contribution in [0.3, 0.4) is 0 Å². The van der Waals surface area contributed by atoms with Crippen LogP contribution < -0.4 is 5.32 Å². The number of rotatable bonds is 9. The molecule has 1 atom stereocenters. The molecule has 124 valence electrons. The first-order valence-electron chi connectivity index (χ1n) is 8.61. The normalized spacial score (nSPS) is 19.9. The number of esters is 1. The van der Waals surface area contributed by atoms with Gasteiger partial charge in [0.1, 0.15) is 6.04 Å². The molecule has 4 nitrogen and oxygen atoms in total. The quantitative estimate of drug-likeness (QED) is 0.665. The Morgan fingerprint density at radius 3 is 2.43 bits per heavy atom. The van der Waals surface area contributed by atoms with E-state index >= 15 is 0 Å². The summed E-state index contributed by atoms with van der Waals surface area (Å²) in [7, 11) is 0. The summed E-state index contributed by atoms with van der Waals surface area (Å²) >= 11 is 0. The smallest absolute Gasteiger partial charge is 0.323 e. The topological polar surface area (TPSA) is 41.6 Å². The van der Waals surface area contributed by atoms with Crippen LogP contribution in [0.15, 0.2) is 0 Å². The monoisotopic (exact) mass is 298 g/mol. The van der Waals surface area contributed by atoms with Gasteiger partial charge in [-0.3, -0.25) is 4.79 Å². The van der Waals surface area contributed by atoms with Gasteiger partial charge in [-0.25, -0.2) is 0 Å². The molecule has 0 radical (unpaired) electrons. The average molecular weight is 298 g/mol. The van der Waals surface area contributed by atoms with E-state index in [1.807, 2.05) is 6.92 Å². The molecule has 1 aliphatic heterocycles. The van der Waals surface area contributed by atoms with Gasteiger partial charge in [-0.1, -0.05) is 27.7 Å². The van der Waals surface area contributed by atoms with Crippen molar-refractivity contribution < 1.29 is 9.53 Å². The molecule has 0 bridgehead atoms. The first kappa shape index (κ1) is 18.4. The van der Waals surface area contributed by atoms with Gasteiger partial charge in [0.2, 0.25) is 0 Å². The van der Waals surface area contributed by atoms with E-state index in [9.17, 15) is 4.79 Å². The number of likely N-dealkylation sites (tertiary alicyclic amines) is 1. The molecule has 1 saturated heterocycles. The highest BCUT2D eigenvalue weighted by atomic mass is 16.5. The SMILES string of the molecule is CCOC(=O)C(CCN1CCC(CC)(CC)C1)NC(C)C. The zero-order valence-electron chi connectivity index (χ0n) is 14.6. The third-order valence-electron chi connectivity index (χ3n) is 4.86. The number of hydrogen-bond donors (Lipinski definition) is 1. The zero-order valence-corrected chi connectivity index (χ0v) is 14.6. The Kier molecular flexibility index (Phi) is 7.67. The molecule has 1 fully saturated rings. The number of carbonyl (C=O) groups is 1. The molecule has 0 aromatic carbocycles. The lowest BCUT2D eigenvalue weighted by Crippen LogP contribution is -2.44. The van der Waals surface area contributed by atoms with E-state index in [0.29, 0.717) is 18.1 Å². The number of ether oxygens (including phenoxy) is 1. The zero-order chi connectivity index (χ0) is 15.9. The van der Waals surface area contributed by atoms with Crippen molar-refractivity contribution in [3.8, 4) is 0 Å². The van der Waals surface area contributed by atoms with Crippen LogP contribution in [0.25, 0.3) is 0 Å². The molecule has 1 heterocycles. The third kappa shape index (κ3) is 5.59. The highest BCUT2D eigenvalue weighted by Crippen LogP contribution is 2.36. The second kappa shape index (κ2) is 8.74. The maximum atomic E-state index is 12.0. The van der Waals surface area contributed by atoms with Crippen LogP contribution in [0, 0.1) is 5.41 Å². The number of nitrogens with one attached hydrogen (secondary N) is 1. The summed E-state index contributed by atoms with van der Waals surface area (Å²) in [6.07, 6.45) is 4.64. The summed E-state index contributed by atoms with van der Waals surface area (Å²) in [6, 6.07) is 0.117. The van der Waals surface area contributed by atoms with Gasteiger partial charge in [-0.15, -0.1) is 0 Å². The van der Waals surface area contributed by atoms with E-state index in [0.717, 1.165) is 13.0 Å². The molecule has 0 saturated carbocycles. The Morgan fingerprint density at radius 1 is 1.29 bits per heavy atom. The average Bonchev–Trinajstić information content (AvgIpc) is 2.87. The predicted molar refractivity (Wildman–Crippen MR) is 87.4 cm³/mol. The minimum atomic E-state index is -0.178. The Bertz CT molecular complexity index is 314. The van der Waals surface area contributed by atoms with Crippen molar-refractivity contribution in [2.45, 2.75) is 72.4 Å². The highest BCUT2D eigenvalue weighted by molar-refractivity contribution is 5.75. The van der Waals surface area contributed by atoms with Gasteiger partial charge in [0.25, 0.3) is 0 Å². The molecular weight excluding hydrogens is 264 g/mol. The number of carbonyl (C=O) groups excluding carboxylic acids is 1. The second-order valence-corrected chi connectivity index (χ2v) is 6.65. The molecule has 21 heavy (non-hydrogen) atoms. The molecular formula is C17H34N2O2. The van der Waals surface area contributed by atoms with Crippen molar-refractivity contribution in [1.29, 1.82) is 0 Å². The fourth-order valence-electron chi connectivity index (χ4n) is 3.27. The summed E-state index contributed by atoms with van der Waals surface area (Å²) < 4.78 is 5.18. The summed E-state index contributed by atoms with van der Waals surface area (Å²) in [6.45, 7) is 14.4. The van der Waals surface area contributed by atoms with Crippen LogP contribution in [0.1, 0.15) is 60.3 Å². The van der Waals surface area contributed by atoms with Gasteiger partial charge in [-0.2, -0.15) is 0 Å². The lowest BCUT2D eigenvalue weighted by Gasteiger charge is -2.27. The molecule has 1 aliphatic rings. The van der Waals surface area contributed by atoms with Crippen LogP contribution >= 0.6 is 0 Å². The van der Waals surface area contributed by atoms with Crippen molar-refractivity contribution in [2.24, 2.45) is 5.41 Å². The van der Waals surface area contributed by atoms with Gasteiger partial charge in [0.15, 0.2) is 0 Å². The number of hydrogen-bond acceptors (Lipinski definition) is 4. The first-order valence-corrected chi connectivity index (χ1v) is 8.61. The largest absolute Gasteiger partial charge is 0.465 e. The second-order valence-electron chi connectivity index (χ2n) is 6.65. The lowest BCUT2D eigenvalue weighted by molar-refractivity contribution is -0.146. The van der Waals surface area contributed by atoms with Gasteiger partial charge in [0.05, 0.1) is 6.61 Å². The van der Waals surface area contributed by atoms with Crippen molar-refractivity contribution in [2.75, 3.05) is 26.2 Å². The van der Waals surface area contributed by atoms with Crippen molar-refractivity contribution in [3.05, 3.63) is 0 Å². The van der Waals surface area contributed by atoms with Gasteiger partial charge >= 0.3 is 5.97 Å². The summed E-state index contributed by atoms with van der Waals surface area (Å²) in [5.74, 6) is -0.109. The Morgan fingerprint density at radius 2 is 1.95 bits per heavy atom. The lowest BCUT2D eigenvalue weighted by atomic mass is 9.82. The molecule has 1 rings (SSSR count). The maximum absolute atomic E-state index is 12.0. The predicted octanol–water partition coefficient (Wildman–Crippen LogP) is 2.82. The van der Waals surface area contributed by atoms with Crippen LogP contribution in [0.5, 0.6) is 0 Å². The molecule has 0 amide bonds. The molecule has 0 spiro atoms. The van der Waals surface area contributed by atoms with E-state index in [-0.39, 0.29) is 12.0 Å². The van der Waals surface area contributed by atoms with E-state index in [1.54, 1.807) is 0 Å². The van der Waals surface area contributed by atoms with Gasteiger partial charge < -0.3 is 15.0 Å². The fraction of sp³-hybridized carbons (Fsp3) is 0.941. The van der Waals surface area contributed by atoms with E-state index in [4.69, 9.17) is 4.74 Å². The Labute approximate surface area is 130 Å². The van der Waals surface area contributed by atoms with Crippen LogP contribution in [-0.2, 0) is 9.53 Å². The van der Waals surface area contributed by atoms with Crippen LogP contribution in [0.4, 0.5) is 0 Å². The maximum Gasteiger partial charge on any atom is 0.323 e. The number of nitrogens with zero attached hydrogens (tertiary/aromatic N) is 1. The van der Waals surface area contributed by atoms with Crippen molar-refractivity contribution >= 4 is 5.97 Å².